The maximum Gasteiger partial charge on any atom is 0.132 e. The van der Waals surface area contributed by atoms with Gasteiger partial charge >= 0.3 is 0 Å². The van der Waals surface area contributed by atoms with Gasteiger partial charge in [-0.3, -0.25) is 0 Å². The third kappa shape index (κ3) is 3.16. The summed E-state index contributed by atoms with van der Waals surface area (Å²) in [6, 6.07) is 2.72. The molecule has 0 aromatic carbocycles. The van der Waals surface area contributed by atoms with E-state index in [-0.39, 0.29) is 0 Å². The van der Waals surface area contributed by atoms with Gasteiger partial charge in [0.05, 0.1) is 0 Å². The Morgan fingerprint density at radius 2 is 2.29 bits per heavy atom. The SMILES string of the molecule is CCC[C@@H]1CN(c2cc(CC)ncn2)CCN1. The highest BCUT2D eigenvalue weighted by Crippen LogP contribution is 2.15. The number of hydrogen-bond acceptors (Lipinski definition) is 4. The van der Waals surface area contributed by atoms with Crippen LogP contribution in [-0.2, 0) is 6.42 Å². The number of nitrogens with one attached hydrogen (secondary N) is 1. The summed E-state index contributed by atoms with van der Waals surface area (Å²) in [5.41, 5.74) is 1.13. The highest BCUT2D eigenvalue weighted by molar-refractivity contribution is 5.39. The number of anilines is 1. The quantitative estimate of drug-likeness (QED) is 0.859. The summed E-state index contributed by atoms with van der Waals surface area (Å²) >= 11 is 0. The Labute approximate surface area is 103 Å². The average Bonchev–Trinajstić information content (AvgIpc) is 2.40. The Hall–Kier alpha value is -1.16. The van der Waals surface area contributed by atoms with E-state index in [2.05, 4.69) is 40.1 Å². The van der Waals surface area contributed by atoms with Crippen LogP contribution in [0.25, 0.3) is 0 Å². The predicted octanol–water partition coefficient (Wildman–Crippen LogP) is 1.62. The van der Waals surface area contributed by atoms with E-state index in [0.29, 0.717) is 6.04 Å². The molecule has 1 N–H and O–H groups in total. The molecule has 1 aromatic heterocycles. The van der Waals surface area contributed by atoms with Crippen LogP contribution in [0.5, 0.6) is 0 Å². The fraction of sp³-hybridized carbons (Fsp3) is 0.692. The average molecular weight is 234 g/mol. The fourth-order valence-corrected chi connectivity index (χ4v) is 2.33. The highest BCUT2D eigenvalue weighted by atomic mass is 15.2. The van der Waals surface area contributed by atoms with Crippen molar-refractivity contribution in [2.45, 2.75) is 39.2 Å². The van der Waals surface area contributed by atoms with Crippen LogP contribution >= 0.6 is 0 Å². The molecule has 1 atom stereocenters. The standard InChI is InChI=1S/C13H22N4/c1-3-5-12-9-17(7-6-14-12)13-8-11(4-2)15-10-16-13/h8,10,12,14H,3-7,9H2,1-2H3/t12-/m1/s1. The van der Waals surface area contributed by atoms with Crippen LogP contribution in [0.15, 0.2) is 12.4 Å². The summed E-state index contributed by atoms with van der Waals surface area (Å²) in [7, 11) is 0. The zero-order valence-electron chi connectivity index (χ0n) is 10.8. The Morgan fingerprint density at radius 3 is 3.06 bits per heavy atom. The summed E-state index contributed by atoms with van der Waals surface area (Å²) in [6.07, 6.45) is 5.13. The molecular weight excluding hydrogens is 212 g/mol. The van der Waals surface area contributed by atoms with Gasteiger partial charge < -0.3 is 10.2 Å². The second kappa shape index (κ2) is 5.96. The maximum absolute atomic E-state index is 4.39. The van der Waals surface area contributed by atoms with E-state index in [1.807, 2.05) is 0 Å². The smallest absolute Gasteiger partial charge is 0.132 e. The minimum Gasteiger partial charge on any atom is -0.354 e. The first-order valence-electron chi connectivity index (χ1n) is 6.62. The second-order valence-corrected chi connectivity index (χ2v) is 4.61. The highest BCUT2D eigenvalue weighted by Gasteiger charge is 2.19. The van der Waals surface area contributed by atoms with E-state index in [1.54, 1.807) is 6.33 Å². The summed E-state index contributed by atoms with van der Waals surface area (Å²) in [5.74, 6) is 1.08. The van der Waals surface area contributed by atoms with E-state index in [4.69, 9.17) is 0 Å². The molecule has 1 fully saturated rings. The molecule has 2 heterocycles. The molecule has 0 amide bonds. The van der Waals surface area contributed by atoms with Gasteiger partial charge in [0.1, 0.15) is 12.1 Å². The fourth-order valence-electron chi connectivity index (χ4n) is 2.33. The van der Waals surface area contributed by atoms with Crippen molar-refractivity contribution in [1.29, 1.82) is 0 Å². The van der Waals surface area contributed by atoms with Crippen molar-refractivity contribution >= 4 is 5.82 Å². The van der Waals surface area contributed by atoms with E-state index in [0.717, 1.165) is 37.6 Å². The van der Waals surface area contributed by atoms with Crippen molar-refractivity contribution in [3.8, 4) is 0 Å². The number of piperazine rings is 1. The lowest BCUT2D eigenvalue weighted by Crippen LogP contribution is -2.50. The van der Waals surface area contributed by atoms with E-state index in [9.17, 15) is 0 Å². The van der Waals surface area contributed by atoms with Crippen LogP contribution in [0.4, 0.5) is 5.82 Å². The largest absolute Gasteiger partial charge is 0.354 e. The van der Waals surface area contributed by atoms with Gasteiger partial charge in [0.15, 0.2) is 0 Å². The summed E-state index contributed by atoms with van der Waals surface area (Å²) in [5, 5.41) is 3.56. The van der Waals surface area contributed by atoms with Crippen LogP contribution in [-0.4, -0.2) is 35.6 Å². The number of nitrogens with zero attached hydrogens (tertiary/aromatic N) is 3. The van der Waals surface area contributed by atoms with Crippen LogP contribution in [0.2, 0.25) is 0 Å². The second-order valence-electron chi connectivity index (χ2n) is 4.61. The van der Waals surface area contributed by atoms with Crippen molar-refractivity contribution in [1.82, 2.24) is 15.3 Å². The van der Waals surface area contributed by atoms with E-state index >= 15 is 0 Å². The van der Waals surface area contributed by atoms with Gasteiger partial charge in [0.25, 0.3) is 0 Å². The van der Waals surface area contributed by atoms with Gasteiger partial charge in [0, 0.05) is 37.4 Å². The molecule has 0 aliphatic carbocycles. The lowest BCUT2D eigenvalue weighted by Gasteiger charge is -2.34. The molecule has 0 unspecified atom stereocenters. The van der Waals surface area contributed by atoms with Gasteiger partial charge in [0.2, 0.25) is 0 Å². The molecule has 1 aromatic rings. The minimum absolute atomic E-state index is 0.605. The summed E-state index contributed by atoms with van der Waals surface area (Å²) in [4.78, 5) is 11.0. The minimum atomic E-state index is 0.605. The maximum atomic E-state index is 4.39. The molecule has 1 aliphatic heterocycles. The molecule has 0 bridgehead atoms. The zero-order chi connectivity index (χ0) is 12.1. The number of aryl methyl sites for hydroxylation is 1. The molecule has 17 heavy (non-hydrogen) atoms. The number of aromatic nitrogens is 2. The molecule has 4 nitrogen and oxygen atoms in total. The van der Waals surface area contributed by atoms with Crippen LogP contribution in [0.3, 0.4) is 0 Å². The Morgan fingerprint density at radius 1 is 1.41 bits per heavy atom. The molecule has 94 valence electrons. The normalized spacial score (nSPS) is 20.6. The molecule has 1 aliphatic rings. The first-order valence-corrected chi connectivity index (χ1v) is 6.62. The topological polar surface area (TPSA) is 41.1 Å². The van der Waals surface area contributed by atoms with Gasteiger partial charge in [-0.25, -0.2) is 9.97 Å². The van der Waals surface area contributed by atoms with Crippen LogP contribution in [0.1, 0.15) is 32.4 Å². The lowest BCUT2D eigenvalue weighted by atomic mass is 10.1. The third-order valence-corrected chi connectivity index (χ3v) is 3.29. The molecular formula is C13H22N4. The zero-order valence-corrected chi connectivity index (χ0v) is 10.8. The Bertz CT molecular complexity index is 351. The molecule has 0 saturated carbocycles. The van der Waals surface area contributed by atoms with Crippen molar-refractivity contribution in [2.24, 2.45) is 0 Å². The third-order valence-electron chi connectivity index (χ3n) is 3.29. The summed E-state index contributed by atoms with van der Waals surface area (Å²) < 4.78 is 0. The van der Waals surface area contributed by atoms with Crippen molar-refractivity contribution in [2.75, 3.05) is 24.5 Å². The molecule has 0 radical (unpaired) electrons. The van der Waals surface area contributed by atoms with Crippen LogP contribution < -0.4 is 10.2 Å². The monoisotopic (exact) mass is 234 g/mol. The van der Waals surface area contributed by atoms with Gasteiger partial charge in [-0.1, -0.05) is 20.3 Å². The van der Waals surface area contributed by atoms with Crippen molar-refractivity contribution in [3.05, 3.63) is 18.1 Å². The molecule has 1 saturated heterocycles. The van der Waals surface area contributed by atoms with Crippen LogP contribution in [0, 0.1) is 0 Å². The number of rotatable bonds is 4. The predicted molar refractivity (Wildman–Crippen MR) is 70.3 cm³/mol. The first-order chi connectivity index (χ1) is 8.33. The van der Waals surface area contributed by atoms with E-state index < -0.39 is 0 Å². The summed E-state index contributed by atoms with van der Waals surface area (Å²) in [6.45, 7) is 7.52. The molecule has 0 spiro atoms. The Balaban J connectivity index is 2.05. The lowest BCUT2D eigenvalue weighted by molar-refractivity contribution is 0.429. The van der Waals surface area contributed by atoms with Crippen molar-refractivity contribution in [3.63, 3.8) is 0 Å². The molecule has 2 rings (SSSR count). The first kappa shape index (κ1) is 12.3. The van der Waals surface area contributed by atoms with Crippen molar-refractivity contribution < 1.29 is 0 Å². The number of hydrogen-bond donors (Lipinski definition) is 1. The van der Waals surface area contributed by atoms with Gasteiger partial charge in [-0.05, 0) is 12.8 Å². The Kier molecular flexibility index (Phi) is 4.31. The molecule has 4 heteroatoms. The van der Waals surface area contributed by atoms with Gasteiger partial charge in [-0.15, -0.1) is 0 Å². The van der Waals surface area contributed by atoms with E-state index in [1.165, 1.54) is 12.8 Å². The van der Waals surface area contributed by atoms with Gasteiger partial charge in [-0.2, -0.15) is 0 Å².